The Morgan fingerprint density at radius 1 is 1.17 bits per heavy atom. The maximum absolute atomic E-state index is 5.30. The maximum Gasteiger partial charge on any atom is 0.211 e. The van der Waals surface area contributed by atoms with Gasteiger partial charge in [0.2, 0.25) is 5.96 Å². The molecule has 6 heteroatoms. The molecule has 1 aliphatic rings. The van der Waals surface area contributed by atoms with Crippen molar-refractivity contribution in [3.63, 3.8) is 0 Å². The van der Waals surface area contributed by atoms with E-state index in [1.165, 1.54) is 11.4 Å². The summed E-state index contributed by atoms with van der Waals surface area (Å²) in [5.41, 5.74) is 13.0. The predicted molar refractivity (Wildman–Crippen MR) is 93.5 cm³/mol. The van der Waals surface area contributed by atoms with E-state index in [4.69, 9.17) is 11.5 Å². The molecule has 2 heterocycles. The SMILES string of the molecule is NC(N)=N/N=C/C1CCCN1Cc1cccn1-c1ccccc1. The molecule has 1 aromatic heterocycles. The highest BCUT2D eigenvalue weighted by molar-refractivity contribution is 5.76. The molecule has 3 rings (SSSR count). The van der Waals surface area contributed by atoms with Crippen LogP contribution in [0.4, 0.5) is 0 Å². The first-order chi connectivity index (χ1) is 11.2. The first-order valence-electron chi connectivity index (χ1n) is 7.82. The van der Waals surface area contributed by atoms with E-state index in [9.17, 15) is 0 Å². The van der Waals surface area contributed by atoms with E-state index >= 15 is 0 Å². The molecule has 0 aliphatic carbocycles. The number of para-hydroxylation sites is 1. The van der Waals surface area contributed by atoms with Crippen LogP contribution in [0.5, 0.6) is 0 Å². The van der Waals surface area contributed by atoms with Crippen molar-refractivity contribution in [2.75, 3.05) is 6.54 Å². The lowest BCUT2D eigenvalue weighted by atomic mass is 10.2. The van der Waals surface area contributed by atoms with Crippen LogP contribution in [0.25, 0.3) is 5.69 Å². The zero-order valence-electron chi connectivity index (χ0n) is 13.0. The number of aromatic nitrogens is 1. The van der Waals surface area contributed by atoms with Crippen LogP contribution in [0.1, 0.15) is 18.5 Å². The lowest BCUT2D eigenvalue weighted by molar-refractivity contribution is 0.292. The molecule has 2 aromatic rings. The fourth-order valence-corrected chi connectivity index (χ4v) is 2.99. The van der Waals surface area contributed by atoms with Gasteiger partial charge in [-0.1, -0.05) is 18.2 Å². The van der Waals surface area contributed by atoms with Gasteiger partial charge < -0.3 is 16.0 Å². The van der Waals surface area contributed by atoms with Gasteiger partial charge in [0.25, 0.3) is 0 Å². The van der Waals surface area contributed by atoms with Gasteiger partial charge in [0.05, 0.1) is 0 Å². The first kappa shape index (κ1) is 15.3. The summed E-state index contributed by atoms with van der Waals surface area (Å²) in [6.07, 6.45) is 6.17. The van der Waals surface area contributed by atoms with Gasteiger partial charge in [0.1, 0.15) is 0 Å². The van der Waals surface area contributed by atoms with Gasteiger partial charge in [-0.25, -0.2) is 0 Å². The van der Waals surface area contributed by atoms with E-state index in [1.54, 1.807) is 0 Å². The molecule has 1 aromatic carbocycles. The minimum absolute atomic E-state index is 0.0104. The molecule has 1 fully saturated rings. The second-order valence-corrected chi connectivity index (χ2v) is 5.67. The number of nitrogens with two attached hydrogens (primary N) is 2. The van der Waals surface area contributed by atoms with Crippen LogP contribution < -0.4 is 11.5 Å². The molecular weight excluding hydrogens is 288 g/mol. The summed E-state index contributed by atoms with van der Waals surface area (Å²) < 4.78 is 2.22. The molecular formula is C17H22N6. The molecule has 0 saturated carbocycles. The topological polar surface area (TPSA) is 84.9 Å². The number of hydrogen-bond acceptors (Lipinski definition) is 3. The third-order valence-corrected chi connectivity index (χ3v) is 4.06. The van der Waals surface area contributed by atoms with Crippen molar-refractivity contribution in [1.29, 1.82) is 0 Å². The van der Waals surface area contributed by atoms with Crippen LogP contribution in [-0.4, -0.2) is 34.2 Å². The Balaban J connectivity index is 1.73. The van der Waals surface area contributed by atoms with Crippen LogP contribution in [-0.2, 0) is 6.54 Å². The van der Waals surface area contributed by atoms with E-state index in [0.717, 1.165) is 25.9 Å². The van der Waals surface area contributed by atoms with Crippen molar-refractivity contribution in [2.45, 2.75) is 25.4 Å². The standard InChI is InChI=1S/C17H22N6/c18-17(19)21-20-12-15-8-4-10-22(15)13-16-9-5-11-23(16)14-6-2-1-3-7-14/h1-3,5-7,9,11-12,15H,4,8,10,13H2,(H4,18,19,21)/b20-12+. The summed E-state index contributed by atoms with van der Waals surface area (Å²) >= 11 is 0. The van der Waals surface area contributed by atoms with Crippen LogP contribution in [0.3, 0.4) is 0 Å². The van der Waals surface area contributed by atoms with Gasteiger partial charge in [-0.3, -0.25) is 4.90 Å². The second-order valence-electron chi connectivity index (χ2n) is 5.67. The Labute approximate surface area is 136 Å². The largest absolute Gasteiger partial charge is 0.369 e. The second kappa shape index (κ2) is 7.11. The van der Waals surface area contributed by atoms with Crippen LogP contribution in [0.2, 0.25) is 0 Å². The highest BCUT2D eigenvalue weighted by Crippen LogP contribution is 2.21. The van der Waals surface area contributed by atoms with E-state index in [0.29, 0.717) is 0 Å². The Bertz CT molecular complexity index is 684. The average molecular weight is 310 g/mol. The molecule has 1 aliphatic heterocycles. The lowest BCUT2D eigenvalue weighted by Gasteiger charge is -2.22. The quantitative estimate of drug-likeness (QED) is 0.501. The summed E-state index contributed by atoms with van der Waals surface area (Å²) in [4.78, 5) is 2.40. The summed E-state index contributed by atoms with van der Waals surface area (Å²) in [5.74, 6) is -0.0104. The number of benzene rings is 1. The lowest BCUT2D eigenvalue weighted by Crippen LogP contribution is -2.31. The molecule has 120 valence electrons. The van der Waals surface area contributed by atoms with Gasteiger partial charge >= 0.3 is 0 Å². The highest BCUT2D eigenvalue weighted by Gasteiger charge is 2.23. The van der Waals surface area contributed by atoms with E-state index in [2.05, 4.69) is 62.3 Å². The molecule has 0 amide bonds. The van der Waals surface area contributed by atoms with Gasteiger partial charge in [-0.15, -0.1) is 5.10 Å². The monoisotopic (exact) mass is 310 g/mol. The minimum Gasteiger partial charge on any atom is -0.369 e. The van der Waals surface area contributed by atoms with Gasteiger partial charge in [-0.05, 0) is 43.7 Å². The van der Waals surface area contributed by atoms with E-state index in [-0.39, 0.29) is 12.0 Å². The number of guanidine groups is 1. The number of nitrogens with zero attached hydrogens (tertiary/aromatic N) is 4. The molecule has 1 unspecified atom stereocenters. The van der Waals surface area contributed by atoms with Crippen LogP contribution >= 0.6 is 0 Å². The third-order valence-electron chi connectivity index (χ3n) is 4.06. The van der Waals surface area contributed by atoms with E-state index in [1.807, 2.05) is 12.3 Å². The molecule has 0 spiro atoms. The van der Waals surface area contributed by atoms with Crippen molar-refractivity contribution in [2.24, 2.45) is 21.7 Å². The van der Waals surface area contributed by atoms with Gasteiger partial charge in [0, 0.05) is 36.4 Å². The number of likely N-dealkylation sites (tertiary alicyclic amines) is 1. The normalized spacial score (nSPS) is 18.5. The van der Waals surface area contributed by atoms with Crippen molar-refractivity contribution < 1.29 is 0 Å². The Morgan fingerprint density at radius 3 is 2.78 bits per heavy atom. The van der Waals surface area contributed by atoms with Gasteiger partial charge in [0.15, 0.2) is 0 Å². The summed E-state index contributed by atoms with van der Waals surface area (Å²) in [7, 11) is 0. The smallest absolute Gasteiger partial charge is 0.211 e. The Kier molecular flexibility index (Phi) is 4.73. The predicted octanol–water partition coefficient (Wildman–Crippen LogP) is 1.70. The molecule has 0 radical (unpaired) electrons. The Morgan fingerprint density at radius 2 is 2.00 bits per heavy atom. The van der Waals surface area contributed by atoms with Crippen molar-refractivity contribution in [3.8, 4) is 5.69 Å². The number of rotatable bonds is 5. The average Bonchev–Trinajstić information content (AvgIpc) is 3.18. The molecule has 1 atom stereocenters. The fourth-order valence-electron chi connectivity index (χ4n) is 2.99. The van der Waals surface area contributed by atoms with E-state index < -0.39 is 0 Å². The summed E-state index contributed by atoms with van der Waals surface area (Å²) in [6, 6.07) is 14.9. The third kappa shape index (κ3) is 3.78. The zero-order valence-corrected chi connectivity index (χ0v) is 13.0. The minimum atomic E-state index is -0.0104. The molecule has 23 heavy (non-hydrogen) atoms. The summed E-state index contributed by atoms with van der Waals surface area (Å²) in [5, 5.41) is 7.67. The first-order valence-corrected chi connectivity index (χ1v) is 7.82. The molecule has 1 saturated heterocycles. The highest BCUT2D eigenvalue weighted by atomic mass is 15.3. The Hall–Kier alpha value is -2.60. The summed E-state index contributed by atoms with van der Waals surface area (Å²) in [6.45, 7) is 1.93. The van der Waals surface area contributed by atoms with Gasteiger partial charge in [-0.2, -0.15) is 5.10 Å². The van der Waals surface area contributed by atoms with Crippen molar-refractivity contribution >= 4 is 12.2 Å². The van der Waals surface area contributed by atoms with Crippen LogP contribution in [0, 0.1) is 0 Å². The van der Waals surface area contributed by atoms with Crippen molar-refractivity contribution in [3.05, 3.63) is 54.4 Å². The maximum atomic E-state index is 5.30. The molecule has 6 nitrogen and oxygen atoms in total. The zero-order chi connectivity index (χ0) is 16.1. The molecule has 4 N–H and O–H groups in total. The van der Waals surface area contributed by atoms with Crippen molar-refractivity contribution in [1.82, 2.24) is 9.47 Å². The van der Waals surface area contributed by atoms with Crippen LogP contribution in [0.15, 0.2) is 58.9 Å². The molecule has 0 bridgehead atoms. The number of hydrogen-bond donors (Lipinski definition) is 2. The fraction of sp³-hybridized carbons (Fsp3) is 0.294.